The van der Waals surface area contributed by atoms with Crippen LogP contribution in [0.3, 0.4) is 0 Å². The largest absolute Gasteiger partial charge is 0.380 e. The van der Waals surface area contributed by atoms with Crippen molar-refractivity contribution in [2.75, 3.05) is 0 Å². The molecule has 110 valence electrons. The van der Waals surface area contributed by atoms with E-state index in [0.29, 0.717) is 0 Å². The Morgan fingerprint density at radius 1 is 0.773 bits per heavy atom. The first-order chi connectivity index (χ1) is 10.5. The average molecular weight is 288 g/mol. The fourth-order valence-corrected chi connectivity index (χ4v) is 3.97. The highest BCUT2D eigenvalue weighted by atomic mass is 16.3. The molecule has 0 spiro atoms. The Hall–Kier alpha value is -2.12. The van der Waals surface area contributed by atoms with Gasteiger partial charge in [0.1, 0.15) is 5.60 Å². The summed E-state index contributed by atoms with van der Waals surface area (Å²) in [6.07, 6.45) is 0.720. The van der Waals surface area contributed by atoms with E-state index < -0.39 is 5.60 Å². The molecule has 1 heteroatoms. The molecule has 22 heavy (non-hydrogen) atoms. The molecule has 1 N–H and O–H groups in total. The van der Waals surface area contributed by atoms with Crippen molar-refractivity contribution >= 4 is 10.8 Å². The summed E-state index contributed by atoms with van der Waals surface area (Å²) in [6.45, 7) is 4.43. The third-order valence-corrected chi connectivity index (χ3v) is 5.03. The molecule has 0 heterocycles. The van der Waals surface area contributed by atoms with Crippen LogP contribution in [0.1, 0.15) is 37.0 Å². The van der Waals surface area contributed by atoms with E-state index in [1.165, 1.54) is 16.3 Å². The number of aliphatic hydroxyl groups is 1. The van der Waals surface area contributed by atoms with Gasteiger partial charge in [0, 0.05) is 0 Å². The zero-order valence-corrected chi connectivity index (χ0v) is 13.0. The van der Waals surface area contributed by atoms with E-state index in [1.54, 1.807) is 0 Å². The van der Waals surface area contributed by atoms with Crippen LogP contribution in [-0.2, 0) is 11.0 Å². The van der Waals surface area contributed by atoms with E-state index in [1.807, 2.05) is 18.2 Å². The molecule has 4 rings (SSSR count). The van der Waals surface area contributed by atoms with Gasteiger partial charge in [-0.05, 0) is 45.4 Å². The molecule has 0 amide bonds. The van der Waals surface area contributed by atoms with Crippen molar-refractivity contribution in [3.8, 4) is 0 Å². The Labute approximate surface area is 131 Å². The monoisotopic (exact) mass is 288 g/mol. The van der Waals surface area contributed by atoms with Gasteiger partial charge in [0.15, 0.2) is 0 Å². The van der Waals surface area contributed by atoms with Crippen molar-refractivity contribution in [1.82, 2.24) is 0 Å². The maximum Gasteiger partial charge on any atom is 0.116 e. The zero-order chi connectivity index (χ0) is 15.4. The van der Waals surface area contributed by atoms with Gasteiger partial charge in [-0.3, -0.25) is 0 Å². The smallest absolute Gasteiger partial charge is 0.116 e. The predicted octanol–water partition coefficient (Wildman–Crippen LogP) is 4.76. The Morgan fingerprint density at radius 2 is 1.41 bits per heavy atom. The van der Waals surface area contributed by atoms with Gasteiger partial charge in [0.2, 0.25) is 0 Å². The summed E-state index contributed by atoms with van der Waals surface area (Å²) in [7, 11) is 0. The second kappa shape index (κ2) is 4.44. The summed E-state index contributed by atoms with van der Waals surface area (Å²) in [5.41, 5.74) is 2.38. The maximum absolute atomic E-state index is 11.5. The molecule has 3 aromatic carbocycles. The molecular formula is C21H20O. The minimum absolute atomic E-state index is 0.0169. The summed E-state index contributed by atoms with van der Waals surface area (Å²) >= 11 is 0. The minimum Gasteiger partial charge on any atom is -0.380 e. The molecule has 0 aromatic heterocycles. The molecule has 0 fully saturated rings. The zero-order valence-electron chi connectivity index (χ0n) is 13.0. The average Bonchev–Trinajstić information content (AvgIpc) is 2.75. The van der Waals surface area contributed by atoms with Crippen LogP contribution in [0.2, 0.25) is 0 Å². The van der Waals surface area contributed by atoms with Crippen molar-refractivity contribution in [2.24, 2.45) is 0 Å². The number of hydrogen-bond acceptors (Lipinski definition) is 1. The number of benzene rings is 3. The topological polar surface area (TPSA) is 20.2 Å². The quantitative estimate of drug-likeness (QED) is 0.684. The van der Waals surface area contributed by atoms with Crippen LogP contribution in [0, 0.1) is 0 Å². The highest BCUT2D eigenvalue weighted by Crippen LogP contribution is 2.51. The summed E-state index contributed by atoms with van der Waals surface area (Å²) in [5.74, 6) is 0. The van der Waals surface area contributed by atoms with Crippen LogP contribution in [0.25, 0.3) is 10.8 Å². The number of rotatable bonds is 1. The lowest BCUT2D eigenvalue weighted by molar-refractivity contribution is 0.0684. The second-order valence-electron chi connectivity index (χ2n) is 7.03. The van der Waals surface area contributed by atoms with E-state index in [2.05, 4.69) is 62.4 Å². The Bertz CT molecular complexity index is 862. The van der Waals surface area contributed by atoms with Crippen molar-refractivity contribution in [2.45, 2.75) is 31.3 Å². The fraction of sp³-hybridized carbons (Fsp3) is 0.238. The lowest BCUT2D eigenvalue weighted by Crippen LogP contribution is -2.26. The van der Waals surface area contributed by atoms with Gasteiger partial charge in [-0.2, -0.15) is 0 Å². The van der Waals surface area contributed by atoms with Gasteiger partial charge < -0.3 is 5.11 Å². The van der Waals surface area contributed by atoms with E-state index in [9.17, 15) is 5.11 Å². The highest BCUT2D eigenvalue weighted by Gasteiger charge is 2.47. The Balaban J connectivity index is 1.94. The van der Waals surface area contributed by atoms with Gasteiger partial charge in [-0.15, -0.1) is 0 Å². The van der Waals surface area contributed by atoms with Gasteiger partial charge in [0.25, 0.3) is 0 Å². The van der Waals surface area contributed by atoms with Crippen LogP contribution in [0.4, 0.5) is 0 Å². The predicted molar refractivity (Wildman–Crippen MR) is 91.0 cm³/mol. The van der Waals surface area contributed by atoms with Crippen LogP contribution >= 0.6 is 0 Å². The molecule has 0 unspecified atom stereocenters. The standard InChI is InChI=1S/C21H20O/c1-20(2)14-21(22,19-10-6-5-9-18(19)20)17-12-11-15-7-3-4-8-16(15)13-17/h3-13,22H,14H2,1-2H3/t21-/m1/s1. The first kappa shape index (κ1) is 13.5. The number of hydrogen-bond donors (Lipinski definition) is 1. The summed E-state index contributed by atoms with van der Waals surface area (Å²) in [5, 5.41) is 13.9. The Morgan fingerprint density at radius 3 is 2.18 bits per heavy atom. The minimum atomic E-state index is -0.899. The second-order valence-corrected chi connectivity index (χ2v) is 7.03. The van der Waals surface area contributed by atoms with Crippen LogP contribution in [0.5, 0.6) is 0 Å². The van der Waals surface area contributed by atoms with Crippen molar-refractivity contribution in [1.29, 1.82) is 0 Å². The molecule has 1 aliphatic rings. The fourth-order valence-electron chi connectivity index (χ4n) is 3.97. The molecule has 0 aliphatic heterocycles. The van der Waals surface area contributed by atoms with E-state index >= 15 is 0 Å². The maximum atomic E-state index is 11.5. The summed E-state index contributed by atoms with van der Waals surface area (Å²) in [4.78, 5) is 0. The molecule has 1 atom stereocenters. The van der Waals surface area contributed by atoms with Crippen molar-refractivity contribution in [3.05, 3.63) is 83.4 Å². The molecule has 0 saturated carbocycles. The molecule has 0 bridgehead atoms. The normalized spacial score (nSPS) is 22.7. The lowest BCUT2D eigenvalue weighted by Gasteiger charge is -2.27. The third kappa shape index (κ3) is 1.82. The molecule has 3 aromatic rings. The van der Waals surface area contributed by atoms with Crippen molar-refractivity contribution < 1.29 is 5.11 Å². The van der Waals surface area contributed by atoms with Gasteiger partial charge in [-0.25, -0.2) is 0 Å². The molecule has 1 nitrogen and oxygen atoms in total. The van der Waals surface area contributed by atoms with E-state index in [0.717, 1.165) is 17.5 Å². The highest BCUT2D eigenvalue weighted by molar-refractivity contribution is 5.83. The van der Waals surface area contributed by atoms with Gasteiger partial charge in [0.05, 0.1) is 0 Å². The molecule has 0 radical (unpaired) electrons. The third-order valence-electron chi connectivity index (χ3n) is 5.03. The van der Waals surface area contributed by atoms with Crippen LogP contribution in [0.15, 0.2) is 66.7 Å². The summed E-state index contributed by atoms with van der Waals surface area (Å²) < 4.78 is 0. The molecular weight excluding hydrogens is 268 g/mol. The number of fused-ring (bicyclic) bond motifs is 2. The SMILES string of the molecule is CC1(C)C[C@@](O)(c2ccc3ccccc3c2)c2ccccc21. The van der Waals surface area contributed by atoms with Crippen molar-refractivity contribution in [3.63, 3.8) is 0 Å². The molecule has 0 saturated heterocycles. The van der Waals surface area contributed by atoms with Crippen LogP contribution < -0.4 is 0 Å². The van der Waals surface area contributed by atoms with E-state index in [-0.39, 0.29) is 5.41 Å². The first-order valence-electron chi connectivity index (χ1n) is 7.82. The lowest BCUT2D eigenvalue weighted by atomic mass is 9.82. The van der Waals surface area contributed by atoms with Gasteiger partial charge in [-0.1, -0.05) is 74.5 Å². The van der Waals surface area contributed by atoms with Crippen LogP contribution in [-0.4, -0.2) is 5.11 Å². The molecule has 1 aliphatic carbocycles. The summed E-state index contributed by atoms with van der Waals surface area (Å²) in [6, 6.07) is 22.9. The van der Waals surface area contributed by atoms with Gasteiger partial charge >= 0.3 is 0 Å². The van der Waals surface area contributed by atoms with E-state index in [4.69, 9.17) is 0 Å². The first-order valence-corrected chi connectivity index (χ1v) is 7.82. The Kier molecular flexibility index (Phi) is 2.73.